The van der Waals surface area contributed by atoms with Crippen LogP contribution in [0, 0.1) is 20.8 Å². The fourth-order valence-electron chi connectivity index (χ4n) is 3.50. The lowest BCUT2D eigenvalue weighted by Gasteiger charge is -2.27. The summed E-state index contributed by atoms with van der Waals surface area (Å²) in [5.74, 6) is 1.74. The largest absolute Gasteiger partial charge is 0.352 e. The lowest BCUT2D eigenvalue weighted by Crippen LogP contribution is -2.35. The van der Waals surface area contributed by atoms with Crippen LogP contribution in [-0.2, 0) is 6.54 Å². The number of fused-ring (bicyclic) bond motifs is 1. The van der Waals surface area contributed by atoms with E-state index in [-0.39, 0.29) is 0 Å². The van der Waals surface area contributed by atoms with Gasteiger partial charge in [-0.1, -0.05) is 0 Å². The quantitative estimate of drug-likeness (QED) is 0.739. The summed E-state index contributed by atoms with van der Waals surface area (Å²) in [4.78, 5) is 11.1. The van der Waals surface area contributed by atoms with Gasteiger partial charge in [0.2, 0.25) is 0 Å². The average molecular weight is 311 g/mol. The van der Waals surface area contributed by atoms with E-state index in [9.17, 15) is 0 Å². The zero-order valence-corrected chi connectivity index (χ0v) is 13.8. The molecule has 0 amide bonds. The second kappa shape index (κ2) is 5.33. The topological polar surface area (TPSA) is 64.1 Å². The molecule has 0 saturated carbocycles. The van der Waals surface area contributed by atoms with E-state index in [0.29, 0.717) is 11.8 Å². The standard InChI is InChI=1S/C16H21N7/c1-11-8-15(23-16(19-11)17-10-18-23)21-6-4-5-14(21)9-22-13(3)7-12(2)20-22/h7-8,10,14H,4-6,9H2,1-3H3/t14-/m0/s1. The van der Waals surface area contributed by atoms with Crippen molar-refractivity contribution in [3.8, 4) is 0 Å². The molecule has 0 unspecified atom stereocenters. The lowest BCUT2D eigenvalue weighted by molar-refractivity contribution is 0.495. The van der Waals surface area contributed by atoms with Crippen LogP contribution in [0.5, 0.6) is 0 Å². The van der Waals surface area contributed by atoms with E-state index in [0.717, 1.165) is 36.7 Å². The van der Waals surface area contributed by atoms with Crippen molar-refractivity contribution in [2.75, 3.05) is 11.4 Å². The van der Waals surface area contributed by atoms with Crippen LogP contribution in [0.25, 0.3) is 5.78 Å². The zero-order valence-electron chi connectivity index (χ0n) is 13.8. The number of hydrogen-bond acceptors (Lipinski definition) is 5. The van der Waals surface area contributed by atoms with Crippen molar-refractivity contribution >= 4 is 11.6 Å². The Morgan fingerprint density at radius 1 is 1.17 bits per heavy atom. The van der Waals surface area contributed by atoms with Gasteiger partial charge in [0.25, 0.3) is 5.78 Å². The van der Waals surface area contributed by atoms with Gasteiger partial charge in [-0.15, -0.1) is 0 Å². The van der Waals surface area contributed by atoms with E-state index in [1.165, 1.54) is 12.1 Å². The molecule has 120 valence electrons. The second-order valence-electron chi connectivity index (χ2n) is 6.33. The minimum atomic E-state index is 0.419. The molecule has 0 radical (unpaired) electrons. The van der Waals surface area contributed by atoms with E-state index in [1.54, 1.807) is 6.33 Å². The molecular formula is C16H21N7. The lowest BCUT2D eigenvalue weighted by atomic mass is 10.2. The van der Waals surface area contributed by atoms with E-state index in [1.807, 2.05) is 18.4 Å². The van der Waals surface area contributed by atoms with Gasteiger partial charge < -0.3 is 4.90 Å². The maximum Gasteiger partial charge on any atom is 0.254 e. The highest BCUT2D eigenvalue weighted by molar-refractivity contribution is 5.48. The van der Waals surface area contributed by atoms with Crippen LogP contribution >= 0.6 is 0 Å². The molecule has 0 aromatic carbocycles. The van der Waals surface area contributed by atoms with E-state index < -0.39 is 0 Å². The van der Waals surface area contributed by atoms with E-state index in [4.69, 9.17) is 0 Å². The predicted octanol–water partition coefficient (Wildman–Crippen LogP) is 1.92. The molecule has 1 saturated heterocycles. The Morgan fingerprint density at radius 2 is 2.04 bits per heavy atom. The van der Waals surface area contributed by atoms with Gasteiger partial charge in [-0.25, -0.2) is 4.98 Å². The van der Waals surface area contributed by atoms with Gasteiger partial charge in [-0.05, 0) is 39.7 Å². The molecule has 23 heavy (non-hydrogen) atoms. The summed E-state index contributed by atoms with van der Waals surface area (Å²) in [6.07, 6.45) is 3.91. The molecule has 0 N–H and O–H groups in total. The van der Waals surface area contributed by atoms with Gasteiger partial charge in [-0.3, -0.25) is 4.68 Å². The Bertz CT molecular complexity index is 847. The van der Waals surface area contributed by atoms with Crippen LogP contribution < -0.4 is 4.90 Å². The predicted molar refractivity (Wildman–Crippen MR) is 87.6 cm³/mol. The van der Waals surface area contributed by atoms with Gasteiger partial charge in [0.15, 0.2) is 0 Å². The summed E-state index contributed by atoms with van der Waals surface area (Å²) in [7, 11) is 0. The minimum Gasteiger partial charge on any atom is -0.352 e. The Balaban J connectivity index is 1.69. The SMILES string of the molecule is Cc1cc(N2CCC[C@H]2Cn2nc(C)cc2C)n2ncnc2n1. The average Bonchev–Trinajstić information content (AvgIpc) is 3.19. The van der Waals surface area contributed by atoms with E-state index >= 15 is 0 Å². The third-order valence-corrected chi connectivity index (χ3v) is 4.52. The molecule has 7 heteroatoms. The molecule has 1 aliphatic rings. The van der Waals surface area contributed by atoms with E-state index in [2.05, 4.69) is 48.8 Å². The maximum atomic E-state index is 4.61. The first-order valence-electron chi connectivity index (χ1n) is 8.07. The highest BCUT2D eigenvalue weighted by atomic mass is 15.4. The number of aromatic nitrogens is 6. The van der Waals surface area contributed by atoms with Crippen LogP contribution in [0.1, 0.15) is 29.9 Å². The Morgan fingerprint density at radius 3 is 2.83 bits per heavy atom. The summed E-state index contributed by atoms with van der Waals surface area (Å²) >= 11 is 0. The Labute approximate surface area is 135 Å². The number of rotatable bonds is 3. The summed E-state index contributed by atoms with van der Waals surface area (Å²) in [6, 6.07) is 4.65. The third-order valence-electron chi connectivity index (χ3n) is 4.52. The van der Waals surface area contributed by atoms with Gasteiger partial charge >= 0.3 is 0 Å². The number of aryl methyl sites for hydroxylation is 3. The van der Waals surface area contributed by atoms with Crippen LogP contribution in [0.3, 0.4) is 0 Å². The molecule has 1 atom stereocenters. The smallest absolute Gasteiger partial charge is 0.254 e. The van der Waals surface area contributed by atoms with Crippen molar-refractivity contribution in [3.05, 3.63) is 35.5 Å². The molecule has 4 heterocycles. The number of nitrogens with zero attached hydrogens (tertiary/aromatic N) is 7. The molecule has 1 fully saturated rings. The van der Waals surface area contributed by atoms with Crippen LogP contribution in [-0.4, -0.2) is 41.9 Å². The van der Waals surface area contributed by atoms with Gasteiger partial charge in [0.1, 0.15) is 12.1 Å². The monoisotopic (exact) mass is 311 g/mol. The summed E-state index contributed by atoms with van der Waals surface area (Å²) in [5, 5.41) is 8.96. The highest BCUT2D eigenvalue weighted by Crippen LogP contribution is 2.27. The minimum absolute atomic E-state index is 0.419. The fourth-order valence-corrected chi connectivity index (χ4v) is 3.50. The first-order chi connectivity index (χ1) is 11.1. The molecule has 1 aliphatic heterocycles. The van der Waals surface area contributed by atoms with Gasteiger partial charge in [0, 0.05) is 24.0 Å². The van der Waals surface area contributed by atoms with Gasteiger partial charge in [-0.2, -0.15) is 19.7 Å². The van der Waals surface area contributed by atoms with Crippen molar-refractivity contribution in [2.24, 2.45) is 0 Å². The molecule has 0 spiro atoms. The molecule has 3 aromatic heterocycles. The summed E-state index contributed by atoms with van der Waals surface area (Å²) in [6.45, 7) is 8.09. The van der Waals surface area contributed by atoms with Crippen molar-refractivity contribution in [3.63, 3.8) is 0 Å². The maximum absolute atomic E-state index is 4.61. The van der Waals surface area contributed by atoms with Crippen molar-refractivity contribution in [1.29, 1.82) is 0 Å². The van der Waals surface area contributed by atoms with Crippen molar-refractivity contribution in [2.45, 2.75) is 46.2 Å². The van der Waals surface area contributed by atoms with Crippen molar-refractivity contribution < 1.29 is 0 Å². The second-order valence-corrected chi connectivity index (χ2v) is 6.33. The van der Waals surface area contributed by atoms with Gasteiger partial charge in [0.05, 0.1) is 18.3 Å². The molecule has 3 aromatic rings. The Kier molecular flexibility index (Phi) is 3.28. The number of hydrogen-bond donors (Lipinski definition) is 0. The first kappa shape index (κ1) is 14.2. The Hall–Kier alpha value is -2.44. The normalized spacial score (nSPS) is 18.2. The molecule has 0 aliphatic carbocycles. The fraction of sp³-hybridized carbons (Fsp3) is 0.500. The summed E-state index contributed by atoms with van der Waals surface area (Å²) in [5.41, 5.74) is 3.26. The zero-order chi connectivity index (χ0) is 16.0. The van der Waals surface area contributed by atoms with Crippen LogP contribution in [0.2, 0.25) is 0 Å². The third kappa shape index (κ3) is 2.46. The molecule has 7 nitrogen and oxygen atoms in total. The highest BCUT2D eigenvalue weighted by Gasteiger charge is 2.28. The number of anilines is 1. The van der Waals surface area contributed by atoms with Crippen LogP contribution in [0.4, 0.5) is 5.82 Å². The first-order valence-corrected chi connectivity index (χ1v) is 8.07. The van der Waals surface area contributed by atoms with Crippen LogP contribution in [0.15, 0.2) is 18.5 Å². The molecular weight excluding hydrogens is 290 g/mol. The molecule has 0 bridgehead atoms. The summed E-state index contributed by atoms with van der Waals surface area (Å²) < 4.78 is 3.96. The van der Waals surface area contributed by atoms with Crippen molar-refractivity contribution in [1.82, 2.24) is 29.4 Å². The molecule has 4 rings (SSSR count).